The first-order chi connectivity index (χ1) is 19.1. The average molecular weight is 561 g/mol. The maximum atomic E-state index is 14.3. The highest BCUT2D eigenvalue weighted by atomic mass is 19.4. The number of nitrogens with one attached hydrogen (secondary N) is 1. The fraction of sp³-hybridized carbons (Fsp3) is 0.464. The molecule has 1 N–H and O–H groups in total. The first-order valence-electron chi connectivity index (χ1n) is 13.3. The number of rotatable bonds is 8. The SMILES string of the molecule is CCc1nc(N2CC3(CCN(CCC(F)(F)F)CC3)N(Cc3cc(F)cc(OC)c3)C2=O)ccc1-c1cn[nH]c1. The van der Waals surface area contributed by atoms with Gasteiger partial charge in [0.15, 0.2) is 0 Å². The number of halogens is 4. The van der Waals surface area contributed by atoms with E-state index in [1.165, 1.54) is 19.2 Å². The number of hydrogen-bond acceptors (Lipinski definition) is 5. The van der Waals surface area contributed by atoms with Crippen LogP contribution in [0.25, 0.3) is 11.1 Å². The molecule has 8 nitrogen and oxygen atoms in total. The molecule has 2 fully saturated rings. The number of urea groups is 1. The number of nitrogens with zero attached hydrogens (tertiary/aromatic N) is 5. The number of aryl methyl sites for hydroxylation is 1. The van der Waals surface area contributed by atoms with Gasteiger partial charge in [0.25, 0.3) is 0 Å². The number of piperidine rings is 1. The summed E-state index contributed by atoms with van der Waals surface area (Å²) in [6, 6.07) is 7.80. The van der Waals surface area contributed by atoms with Crippen molar-refractivity contribution in [3.63, 3.8) is 0 Å². The molecule has 0 atom stereocenters. The Hall–Kier alpha value is -3.67. The van der Waals surface area contributed by atoms with E-state index < -0.39 is 24.0 Å². The highest BCUT2D eigenvalue weighted by Crippen LogP contribution is 2.40. The minimum absolute atomic E-state index is 0.0742. The largest absolute Gasteiger partial charge is 0.497 e. The normalized spacial score (nSPS) is 17.7. The molecular weight excluding hydrogens is 528 g/mol. The van der Waals surface area contributed by atoms with Gasteiger partial charge in [-0.25, -0.2) is 14.2 Å². The van der Waals surface area contributed by atoms with Crippen molar-refractivity contribution in [3.8, 4) is 16.9 Å². The van der Waals surface area contributed by atoms with Gasteiger partial charge in [-0.2, -0.15) is 18.3 Å². The van der Waals surface area contributed by atoms with Crippen molar-refractivity contribution in [3.05, 3.63) is 59.8 Å². The molecule has 2 aliphatic heterocycles. The zero-order chi connectivity index (χ0) is 28.5. The van der Waals surface area contributed by atoms with Gasteiger partial charge in [-0.05, 0) is 49.1 Å². The Labute approximate surface area is 229 Å². The number of likely N-dealkylation sites (tertiary alicyclic amines) is 1. The van der Waals surface area contributed by atoms with Crippen LogP contribution < -0.4 is 9.64 Å². The molecule has 214 valence electrons. The fourth-order valence-electron chi connectivity index (χ4n) is 5.70. The molecule has 2 saturated heterocycles. The lowest BCUT2D eigenvalue weighted by atomic mass is 9.86. The topological polar surface area (TPSA) is 77.6 Å². The number of aromatic amines is 1. The first-order valence-corrected chi connectivity index (χ1v) is 13.3. The summed E-state index contributed by atoms with van der Waals surface area (Å²) in [5, 5.41) is 6.82. The minimum Gasteiger partial charge on any atom is -0.497 e. The van der Waals surface area contributed by atoms with Crippen LogP contribution in [0.1, 0.15) is 37.4 Å². The fourth-order valence-corrected chi connectivity index (χ4v) is 5.70. The Kier molecular flexibility index (Phi) is 7.72. The molecule has 2 aliphatic rings. The van der Waals surface area contributed by atoms with Crippen LogP contribution in [0.3, 0.4) is 0 Å². The van der Waals surface area contributed by atoms with Crippen molar-refractivity contribution in [2.45, 2.75) is 50.9 Å². The summed E-state index contributed by atoms with van der Waals surface area (Å²) in [5.41, 5.74) is 2.57. The molecule has 5 rings (SSSR count). The van der Waals surface area contributed by atoms with E-state index >= 15 is 0 Å². The lowest BCUT2D eigenvalue weighted by Crippen LogP contribution is -2.54. The second kappa shape index (κ2) is 11.1. The second-order valence-corrected chi connectivity index (χ2v) is 10.4. The number of anilines is 1. The summed E-state index contributed by atoms with van der Waals surface area (Å²) in [7, 11) is 1.45. The summed E-state index contributed by atoms with van der Waals surface area (Å²) in [6.07, 6.45) is 0.0392. The lowest BCUT2D eigenvalue weighted by molar-refractivity contribution is -0.139. The molecule has 0 radical (unpaired) electrons. The molecule has 1 aromatic carbocycles. The Balaban J connectivity index is 1.44. The van der Waals surface area contributed by atoms with E-state index in [1.807, 2.05) is 13.0 Å². The quantitative estimate of drug-likeness (QED) is 0.373. The molecule has 40 heavy (non-hydrogen) atoms. The summed E-state index contributed by atoms with van der Waals surface area (Å²) in [5.74, 6) is 0.379. The van der Waals surface area contributed by atoms with Gasteiger partial charge in [-0.1, -0.05) is 6.92 Å². The van der Waals surface area contributed by atoms with Gasteiger partial charge >= 0.3 is 12.2 Å². The van der Waals surface area contributed by atoms with Crippen LogP contribution in [0.5, 0.6) is 5.75 Å². The number of hydrogen-bond donors (Lipinski definition) is 1. The maximum absolute atomic E-state index is 14.3. The number of methoxy groups -OCH3 is 1. The Morgan fingerprint density at radius 1 is 1.15 bits per heavy atom. The van der Waals surface area contributed by atoms with Crippen molar-refractivity contribution >= 4 is 11.8 Å². The second-order valence-electron chi connectivity index (χ2n) is 10.4. The molecule has 0 saturated carbocycles. The van der Waals surface area contributed by atoms with Gasteiger partial charge in [0.1, 0.15) is 17.4 Å². The Morgan fingerprint density at radius 3 is 2.58 bits per heavy atom. The van der Waals surface area contributed by atoms with Gasteiger partial charge in [-0.15, -0.1) is 0 Å². The number of aromatic nitrogens is 3. The van der Waals surface area contributed by atoms with Crippen molar-refractivity contribution < 1.29 is 27.1 Å². The zero-order valence-corrected chi connectivity index (χ0v) is 22.5. The summed E-state index contributed by atoms with van der Waals surface area (Å²) in [4.78, 5) is 24.0. The Morgan fingerprint density at radius 2 is 1.93 bits per heavy atom. The Bertz CT molecular complexity index is 1340. The van der Waals surface area contributed by atoms with Crippen molar-refractivity contribution in [1.82, 2.24) is 25.0 Å². The molecule has 12 heteroatoms. The highest BCUT2D eigenvalue weighted by molar-refractivity contribution is 5.94. The van der Waals surface area contributed by atoms with E-state index in [2.05, 4.69) is 10.2 Å². The molecule has 1 spiro atoms. The maximum Gasteiger partial charge on any atom is 0.390 e. The predicted octanol–water partition coefficient (Wildman–Crippen LogP) is 5.41. The summed E-state index contributed by atoms with van der Waals surface area (Å²) < 4.78 is 58.0. The van der Waals surface area contributed by atoms with Crippen molar-refractivity contribution in [1.29, 1.82) is 0 Å². The smallest absolute Gasteiger partial charge is 0.390 e. The van der Waals surface area contributed by atoms with Gasteiger partial charge < -0.3 is 14.5 Å². The molecule has 3 aromatic rings. The molecule has 2 aromatic heterocycles. The van der Waals surface area contributed by atoms with Gasteiger partial charge in [0.05, 0.1) is 37.5 Å². The number of amides is 2. The van der Waals surface area contributed by atoms with E-state index in [0.29, 0.717) is 56.0 Å². The standard InChI is InChI=1S/C28H32F4N6O2/c1-3-24-23(20-15-33-34-16-20)4-5-25(35-24)37-18-27(6-9-36(10-7-27)11-8-28(30,31)32)38(26(37)39)17-19-12-21(29)14-22(13-19)40-2/h4-5,12-16H,3,6-11,17-18H2,1-2H3,(H,33,34). The van der Waals surface area contributed by atoms with Crippen LogP contribution in [-0.4, -0.2) is 76.0 Å². The number of H-pyrrole nitrogens is 1. The predicted molar refractivity (Wildman–Crippen MR) is 142 cm³/mol. The van der Waals surface area contributed by atoms with Crippen LogP contribution in [0.2, 0.25) is 0 Å². The molecule has 0 bridgehead atoms. The van der Waals surface area contributed by atoms with Gasteiger partial charge in [0.2, 0.25) is 0 Å². The lowest BCUT2D eigenvalue weighted by Gasteiger charge is -2.44. The zero-order valence-electron chi connectivity index (χ0n) is 22.5. The van der Waals surface area contributed by atoms with Crippen molar-refractivity contribution in [2.75, 3.05) is 38.2 Å². The number of ether oxygens (including phenoxy) is 1. The van der Waals surface area contributed by atoms with Crippen LogP contribution in [0, 0.1) is 5.82 Å². The summed E-state index contributed by atoms with van der Waals surface area (Å²) >= 11 is 0. The number of pyridine rings is 1. The average Bonchev–Trinajstić information content (AvgIpc) is 3.55. The van der Waals surface area contributed by atoms with Crippen LogP contribution in [0.4, 0.5) is 28.2 Å². The number of carbonyl (C=O) groups is 1. The van der Waals surface area contributed by atoms with E-state index in [-0.39, 0.29) is 19.1 Å². The number of carbonyl (C=O) groups excluding carboxylic acids is 1. The summed E-state index contributed by atoms with van der Waals surface area (Å²) in [6.45, 7) is 3.24. The van der Waals surface area contributed by atoms with Crippen LogP contribution >= 0.6 is 0 Å². The number of benzene rings is 1. The van der Waals surface area contributed by atoms with Crippen molar-refractivity contribution in [2.24, 2.45) is 0 Å². The van der Waals surface area contributed by atoms with E-state index in [0.717, 1.165) is 16.8 Å². The molecule has 2 amide bonds. The van der Waals surface area contributed by atoms with Crippen LogP contribution in [0.15, 0.2) is 42.7 Å². The van der Waals surface area contributed by atoms with Gasteiger partial charge in [-0.3, -0.25) is 10.00 Å². The number of alkyl halides is 3. The van der Waals surface area contributed by atoms with E-state index in [9.17, 15) is 22.4 Å². The third kappa shape index (κ3) is 5.77. The third-order valence-corrected chi connectivity index (χ3v) is 7.87. The molecule has 0 unspecified atom stereocenters. The molecule has 4 heterocycles. The van der Waals surface area contributed by atoms with Gasteiger partial charge in [0, 0.05) is 49.6 Å². The highest BCUT2D eigenvalue weighted by Gasteiger charge is 2.51. The molecule has 0 aliphatic carbocycles. The van der Waals surface area contributed by atoms with Crippen LogP contribution in [-0.2, 0) is 13.0 Å². The minimum atomic E-state index is -4.22. The third-order valence-electron chi connectivity index (χ3n) is 7.87. The molecular formula is C28H32F4N6O2. The monoisotopic (exact) mass is 560 g/mol. The first kappa shape index (κ1) is 27.9. The van der Waals surface area contributed by atoms with E-state index in [4.69, 9.17) is 9.72 Å². The van der Waals surface area contributed by atoms with E-state index in [1.54, 1.807) is 39.2 Å².